The summed E-state index contributed by atoms with van der Waals surface area (Å²) in [6, 6.07) is 55.9. The molecule has 0 amide bonds. The molecule has 11 aromatic carbocycles. The molecule has 0 aromatic heterocycles. The van der Waals surface area contributed by atoms with Crippen molar-refractivity contribution >= 4 is 64.6 Å². The monoisotopic (exact) mass is 738 g/mol. The summed E-state index contributed by atoms with van der Waals surface area (Å²) in [7, 11) is 0. The maximum Gasteiger partial charge on any atom is 0.0162 e. The summed E-state index contributed by atoms with van der Waals surface area (Å²) < 4.78 is 0. The van der Waals surface area contributed by atoms with Gasteiger partial charge in [-0.15, -0.1) is 0 Å². The van der Waals surface area contributed by atoms with Crippen LogP contribution in [0.5, 0.6) is 0 Å². The SMILES string of the molecule is Cc1c(C)c2c(c3c1-c1ccc(-c4ccc5ccc6cccc7ccc4c5c67)cc1C3(C)C)C(C)(C)c1cc(-c3ccc4ccc5cccc6ccc3c4c56)ccc1-2. The van der Waals surface area contributed by atoms with Gasteiger partial charge in [0.25, 0.3) is 0 Å². The van der Waals surface area contributed by atoms with Crippen LogP contribution >= 0.6 is 0 Å². The highest BCUT2D eigenvalue weighted by molar-refractivity contribution is 6.26. The van der Waals surface area contributed by atoms with Gasteiger partial charge in [-0.2, -0.15) is 0 Å². The van der Waals surface area contributed by atoms with Crippen LogP contribution in [0.2, 0.25) is 0 Å². The van der Waals surface area contributed by atoms with Crippen LogP contribution in [0.4, 0.5) is 0 Å². The van der Waals surface area contributed by atoms with Gasteiger partial charge in [-0.1, -0.05) is 161 Å². The number of hydrogen-bond donors (Lipinski definition) is 0. The van der Waals surface area contributed by atoms with Gasteiger partial charge in [0, 0.05) is 10.8 Å². The Labute approximate surface area is 339 Å². The highest BCUT2D eigenvalue weighted by Crippen LogP contribution is 2.62. The summed E-state index contributed by atoms with van der Waals surface area (Å²) in [5.74, 6) is 0. The summed E-state index contributed by atoms with van der Waals surface area (Å²) in [6.07, 6.45) is 0. The van der Waals surface area contributed by atoms with E-state index < -0.39 is 0 Å². The average molecular weight is 739 g/mol. The first-order valence-electron chi connectivity index (χ1n) is 20.9. The Balaban J connectivity index is 0.982. The Morgan fingerprint density at radius 3 is 1.05 bits per heavy atom. The molecule has 58 heavy (non-hydrogen) atoms. The predicted molar refractivity (Wildman–Crippen MR) is 249 cm³/mol. The summed E-state index contributed by atoms with van der Waals surface area (Å²) in [5.41, 5.74) is 19.3. The number of fused-ring (bicyclic) bond motifs is 7. The minimum absolute atomic E-state index is 0.179. The molecular formula is C58H42. The van der Waals surface area contributed by atoms with Gasteiger partial charge in [0.05, 0.1) is 0 Å². The zero-order valence-corrected chi connectivity index (χ0v) is 33.9. The third kappa shape index (κ3) is 3.87. The first-order valence-corrected chi connectivity index (χ1v) is 20.9. The standard InChI is InChI=1S/C58H42/c1-31-32(2)50-46-28-22-40(42-24-18-38-16-14-34-10-8-12-36-20-26-44(42)54(38)52(34)36)30-48(46)58(5,6)56(50)55-49(31)45-27-21-39(29-47(45)57(55,3)4)41-23-17-37-15-13-33-9-7-11-35-19-25-43(41)53(37)51(33)35/h7-30H,1-6H3. The summed E-state index contributed by atoms with van der Waals surface area (Å²) >= 11 is 0. The highest BCUT2D eigenvalue weighted by atomic mass is 14.5. The van der Waals surface area contributed by atoms with Crippen molar-refractivity contribution in [2.24, 2.45) is 0 Å². The molecule has 0 saturated heterocycles. The molecule has 0 spiro atoms. The van der Waals surface area contributed by atoms with Gasteiger partial charge in [0.2, 0.25) is 0 Å². The van der Waals surface area contributed by atoms with Gasteiger partial charge in [0.15, 0.2) is 0 Å². The fraction of sp³-hybridized carbons (Fsp3) is 0.138. The van der Waals surface area contributed by atoms with E-state index in [0.717, 1.165) is 0 Å². The average Bonchev–Trinajstić information content (AvgIpc) is 3.62. The first kappa shape index (κ1) is 32.6. The summed E-state index contributed by atoms with van der Waals surface area (Å²) in [4.78, 5) is 0. The smallest absolute Gasteiger partial charge is 0.0162 e. The Hall–Kier alpha value is -6.50. The Kier molecular flexibility index (Phi) is 6.01. The van der Waals surface area contributed by atoms with E-state index in [1.807, 2.05) is 0 Å². The molecule has 0 N–H and O–H groups in total. The normalized spacial score (nSPS) is 15.0. The van der Waals surface area contributed by atoms with Crippen LogP contribution in [0.3, 0.4) is 0 Å². The number of hydrogen-bond acceptors (Lipinski definition) is 0. The van der Waals surface area contributed by atoms with Gasteiger partial charge < -0.3 is 0 Å². The van der Waals surface area contributed by atoms with Crippen molar-refractivity contribution < 1.29 is 0 Å². The minimum atomic E-state index is -0.179. The van der Waals surface area contributed by atoms with E-state index in [1.165, 1.54) is 143 Å². The molecule has 0 bridgehead atoms. The predicted octanol–water partition coefficient (Wildman–Crippen LogP) is 16.0. The van der Waals surface area contributed by atoms with Crippen molar-refractivity contribution in [2.45, 2.75) is 52.4 Å². The van der Waals surface area contributed by atoms with Crippen molar-refractivity contribution in [1.82, 2.24) is 0 Å². The molecule has 0 fully saturated rings. The van der Waals surface area contributed by atoms with E-state index in [9.17, 15) is 0 Å². The van der Waals surface area contributed by atoms with E-state index in [4.69, 9.17) is 0 Å². The Morgan fingerprint density at radius 2 is 0.655 bits per heavy atom. The Bertz CT molecular complexity index is 3350. The zero-order valence-electron chi connectivity index (χ0n) is 33.9. The van der Waals surface area contributed by atoms with Crippen LogP contribution in [0, 0.1) is 13.8 Å². The number of rotatable bonds is 2. The second-order valence-electron chi connectivity index (χ2n) is 18.5. The molecule has 2 aliphatic carbocycles. The van der Waals surface area contributed by atoms with E-state index in [2.05, 4.69) is 187 Å². The lowest BCUT2D eigenvalue weighted by Crippen LogP contribution is -2.24. The second kappa shape index (κ2) is 10.7. The van der Waals surface area contributed by atoms with E-state index in [0.29, 0.717) is 0 Å². The quantitative estimate of drug-likeness (QED) is 0.155. The minimum Gasteiger partial charge on any atom is -0.0610 e. The van der Waals surface area contributed by atoms with Crippen LogP contribution in [0.25, 0.3) is 109 Å². The largest absolute Gasteiger partial charge is 0.0610 e. The van der Waals surface area contributed by atoms with Crippen LogP contribution in [-0.2, 0) is 10.8 Å². The molecular weight excluding hydrogens is 697 g/mol. The lowest BCUT2D eigenvalue weighted by molar-refractivity contribution is 0.601. The maximum absolute atomic E-state index is 2.53. The molecule has 13 rings (SSSR count). The molecule has 274 valence electrons. The van der Waals surface area contributed by atoms with Gasteiger partial charge in [-0.05, 0) is 169 Å². The van der Waals surface area contributed by atoms with Crippen molar-refractivity contribution in [3.63, 3.8) is 0 Å². The van der Waals surface area contributed by atoms with Crippen LogP contribution < -0.4 is 0 Å². The molecule has 0 heterocycles. The third-order valence-electron chi connectivity index (χ3n) is 14.9. The molecule has 0 saturated carbocycles. The Morgan fingerprint density at radius 1 is 0.328 bits per heavy atom. The number of benzene rings is 11. The van der Waals surface area contributed by atoms with Crippen molar-refractivity contribution in [1.29, 1.82) is 0 Å². The molecule has 11 aromatic rings. The molecule has 0 radical (unpaired) electrons. The highest BCUT2D eigenvalue weighted by Gasteiger charge is 2.47. The molecule has 0 nitrogen and oxygen atoms in total. The summed E-state index contributed by atoms with van der Waals surface area (Å²) in [6.45, 7) is 14.7. The molecule has 0 heteroatoms. The molecule has 0 atom stereocenters. The van der Waals surface area contributed by atoms with Crippen LogP contribution in [0.15, 0.2) is 146 Å². The van der Waals surface area contributed by atoms with Crippen molar-refractivity contribution in [3.8, 4) is 44.5 Å². The van der Waals surface area contributed by atoms with Gasteiger partial charge in [-0.3, -0.25) is 0 Å². The fourth-order valence-corrected chi connectivity index (χ4v) is 12.1. The van der Waals surface area contributed by atoms with E-state index in [1.54, 1.807) is 0 Å². The zero-order chi connectivity index (χ0) is 39.0. The lowest BCUT2D eigenvalue weighted by atomic mass is 9.71. The van der Waals surface area contributed by atoms with Gasteiger partial charge in [-0.25, -0.2) is 0 Å². The topological polar surface area (TPSA) is 0 Å². The molecule has 2 aliphatic rings. The third-order valence-corrected chi connectivity index (χ3v) is 14.9. The van der Waals surface area contributed by atoms with Crippen LogP contribution in [0.1, 0.15) is 61.1 Å². The first-order chi connectivity index (χ1) is 28.1. The van der Waals surface area contributed by atoms with E-state index in [-0.39, 0.29) is 10.8 Å². The fourth-order valence-electron chi connectivity index (χ4n) is 12.1. The van der Waals surface area contributed by atoms with Gasteiger partial charge >= 0.3 is 0 Å². The van der Waals surface area contributed by atoms with Crippen molar-refractivity contribution in [2.75, 3.05) is 0 Å². The maximum atomic E-state index is 2.53. The second-order valence-corrected chi connectivity index (χ2v) is 18.5. The van der Waals surface area contributed by atoms with Gasteiger partial charge in [0.1, 0.15) is 0 Å². The molecule has 0 aliphatic heterocycles. The van der Waals surface area contributed by atoms with Crippen molar-refractivity contribution in [3.05, 3.63) is 179 Å². The van der Waals surface area contributed by atoms with E-state index >= 15 is 0 Å². The molecule has 0 unspecified atom stereocenters. The van der Waals surface area contributed by atoms with Crippen LogP contribution in [-0.4, -0.2) is 0 Å². The lowest BCUT2D eigenvalue weighted by Gasteiger charge is -2.32. The summed E-state index contributed by atoms with van der Waals surface area (Å²) in [5, 5.41) is 16.0.